The molecule has 0 spiro atoms. The standard InChI is InChI=1S/C26H38ClN5O3/c1-16(27)19(20-14-29-32-15-26(5,6)13-21(20)32)12-22(28-7)31-23(33)17-9-8-10-18(11-17)30-24(34)35-25(2,3)4/h12,14,17-18H,7-11,13,15H2,1-6H3,(H,30,34)(H,31,33)/b19-16-,22-12+/t17-,18+/m0/s1. The van der Waals surface area contributed by atoms with E-state index >= 15 is 0 Å². The van der Waals surface area contributed by atoms with Crippen molar-refractivity contribution in [2.75, 3.05) is 0 Å². The van der Waals surface area contributed by atoms with E-state index in [0.29, 0.717) is 17.3 Å². The largest absolute Gasteiger partial charge is 0.444 e. The molecule has 9 heteroatoms. The molecule has 1 aromatic rings. The van der Waals surface area contributed by atoms with E-state index in [4.69, 9.17) is 16.3 Å². The summed E-state index contributed by atoms with van der Waals surface area (Å²) in [5.41, 5.74) is 2.40. The number of aromatic nitrogens is 2. The van der Waals surface area contributed by atoms with Crippen LogP contribution in [0, 0.1) is 11.3 Å². The Kier molecular flexibility index (Phi) is 8.14. The first kappa shape index (κ1) is 27.0. The van der Waals surface area contributed by atoms with E-state index in [0.717, 1.165) is 49.1 Å². The number of carbonyl (C=O) groups is 2. The van der Waals surface area contributed by atoms with Gasteiger partial charge in [0.25, 0.3) is 0 Å². The summed E-state index contributed by atoms with van der Waals surface area (Å²) in [5, 5.41) is 10.9. The average molecular weight is 504 g/mol. The van der Waals surface area contributed by atoms with Gasteiger partial charge >= 0.3 is 6.09 Å². The van der Waals surface area contributed by atoms with E-state index in [1.807, 2.05) is 38.6 Å². The lowest BCUT2D eigenvalue weighted by Gasteiger charge is -2.30. The van der Waals surface area contributed by atoms with Gasteiger partial charge in [-0.2, -0.15) is 5.10 Å². The molecule has 1 saturated carbocycles. The van der Waals surface area contributed by atoms with Crippen molar-refractivity contribution in [2.45, 2.75) is 91.8 Å². The van der Waals surface area contributed by atoms with Crippen LogP contribution in [0.2, 0.25) is 0 Å². The highest BCUT2D eigenvalue weighted by molar-refractivity contribution is 6.32. The Morgan fingerprint density at radius 2 is 2.06 bits per heavy atom. The Labute approximate surface area is 213 Å². The Hall–Kier alpha value is -2.61. The minimum atomic E-state index is -0.567. The average Bonchev–Trinajstić information content (AvgIpc) is 3.24. The third-order valence-electron chi connectivity index (χ3n) is 6.30. The highest BCUT2D eigenvalue weighted by Crippen LogP contribution is 2.37. The van der Waals surface area contributed by atoms with Crippen molar-refractivity contribution in [3.05, 3.63) is 34.4 Å². The van der Waals surface area contributed by atoms with E-state index in [1.54, 1.807) is 6.08 Å². The minimum Gasteiger partial charge on any atom is -0.444 e. The van der Waals surface area contributed by atoms with Gasteiger partial charge in [0.2, 0.25) is 5.91 Å². The van der Waals surface area contributed by atoms with E-state index < -0.39 is 11.7 Å². The number of carbonyl (C=O) groups excluding carboxylic acids is 2. The third kappa shape index (κ3) is 7.19. The maximum absolute atomic E-state index is 13.1. The third-order valence-corrected chi connectivity index (χ3v) is 6.51. The van der Waals surface area contributed by atoms with Crippen LogP contribution >= 0.6 is 11.6 Å². The quantitative estimate of drug-likeness (QED) is 0.413. The van der Waals surface area contributed by atoms with Crippen molar-refractivity contribution in [3.8, 4) is 0 Å². The monoisotopic (exact) mass is 503 g/mol. The first-order chi connectivity index (χ1) is 16.3. The van der Waals surface area contributed by atoms with Gasteiger partial charge in [-0.3, -0.25) is 9.48 Å². The molecule has 0 unspecified atom stereocenters. The summed E-state index contributed by atoms with van der Waals surface area (Å²) in [4.78, 5) is 29.3. The molecule has 1 aliphatic carbocycles. The summed E-state index contributed by atoms with van der Waals surface area (Å²) < 4.78 is 7.37. The van der Waals surface area contributed by atoms with Crippen molar-refractivity contribution in [1.29, 1.82) is 0 Å². The molecule has 2 heterocycles. The Morgan fingerprint density at radius 3 is 2.69 bits per heavy atom. The van der Waals surface area contributed by atoms with Gasteiger partial charge in [0.15, 0.2) is 0 Å². The van der Waals surface area contributed by atoms with Crippen LogP contribution < -0.4 is 10.6 Å². The summed E-state index contributed by atoms with van der Waals surface area (Å²) in [7, 11) is 0. The van der Waals surface area contributed by atoms with Crippen molar-refractivity contribution < 1.29 is 14.3 Å². The van der Waals surface area contributed by atoms with Crippen LogP contribution in [-0.4, -0.2) is 40.1 Å². The zero-order valence-electron chi connectivity index (χ0n) is 21.7. The number of amides is 2. The van der Waals surface area contributed by atoms with E-state index in [2.05, 4.69) is 41.3 Å². The topological polar surface area (TPSA) is 97.6 Å². The number of nitrogens with zero attached hydrogens (tertiary/aromatic N) is 3. The summed E-state index contributed by atoms with van der Waals surface area (Å²) >= 11 is 6.48. The fraction of sp³-hybridized carbons (Fsp3) is 0.615. The molecular weight excluding hydrogens is 466 g/mol. The number of nitrogens with one attached hydrogen (secondary N) is 2. The molecule has 1 aromatic heterocycles. The fourth-order valence-electron chi connectivity index (χ4n) is 4.76. The molecule has 2 amide bonds. The van der Waals surface area contributed by atoms with Crippen LogP contribution in [0.5, 0.6) is 0 Å². The molecule has 2 atom stereocenters. The highest BCUT2D eigenvalue weighted by Gasteiger charge is 2.33. The smallest absolute Gasteiger partial charge is 0.407 e. The highest BCUT2D eigenvalue weighted by atomic mass is 35.5. The van der Waals surface area contributed by atoms with Crippen LogP contribution in [0.25, 0.3) is 5.57 Å². The second-order valence-electron chi connectivity index (χ2n) is 11.3. The van der Waals surface area contributed by atoms with Crippen molar-refractivity contribution in [3.63, 3.8) is 0 Å². The molecule has 1 aliphatic heterocycles. The molecule has 0 aromatic carbocycles. The van der Waals surface area contributed by atoms with Crippen LogP contribution in [0.15, 0.2) is 28.1 Å². The minimum absolute atomic E-state index is 0.114. The molecule has 1 fully saturated rings. The normalized spacial score (nSPS) is 22.7. The maximum Gasteiger partial charge on any atom is 0.407 e. The lowest BCUT2D eigenvalue weighted by Crippen LogP contribution is -2.44. The first-order valence-corrected chi connectivity index (χ1v) is 12.6. The van der Waals surface area contributed by atoms with Crippen LogP contribution in [0.1, 0.15) is 78.5 Å². The van der Waals surface area contributed by atoms with Gasteiger partial charge in [0.1, 0.15) is 11.4 Å². The van der Waals surface area contributed by atoms with Gasteiger partial charge in [0.05, 0.1) is 6.20 Å². The molecule has 8 nitrogen and oxygen atoms in total. The zero-order valence-corrected chi connectivity index (χ0v) is 22.5. The SMILES string of the molecule is C=N/C(=C\C(=C(/C)Cl)c1cnn2c1CC(C)(C)C2)NC(=O)[C@H]1CCC[C@@H](NC(=O)OC(C)(C)C)C1. The molecule has 3 rings (SSSR count). The van der Waals surface area contributed by atoms with Gasteiger partial charge in [0, 0.05) is 40.4 Å². The molecule has 0 radical (unpaired) electrons. The molecule has 192 valence electrons. The summed E-state index contributed by atoms with van der Waals surface area (Å²) in [5.74, 6) is -0.0590. The molecule has 2 aliphatic rings. The second-order valence-corrected chi connectivity index (χ2v) is 11.9. The molecule has 2 N–H and O–H groups in total. The van der Waals surface area contributed by atoms with Gasteiger partial charge in [-0.15, -0.1) is 0 Å². The Morgan fingerprint density at radius 1 is 1.34 bits per heavy atom. The molecule has 35 heavy (non-hydrogen) atoms. The summed E-state index contributed by atoms with van der Waals surface area (Å²) in [6.45, 7) is 16.2. The van der Waals surface area contributed by atoms with E-state index in [-0.39, 0.29) is 23.3 Å². The van der Waals surface area contributed by atoms with Gasteiger partial charge < -0.3 is 15.4 Å². The van der Waals surface area contributed by atoms with Gasteiger partial charge in [-0.05, 0) is 71.6 Å². The number of rotatable bonds is 6. The summed E-state index contributed by atoms with van der Waals surface area (Å²) in [6.07, 6.45) is 6.94. The van der Waals surface area contributed by atoms with Crippen molar-refractivity contribution in [1.82, 2.24) is 20.4 Å². The first-order valence-electron chi connectivity index (χ1n) is 12.2. The number of allylic oxidation sites excluding steroid dienone is 3. The number of alkyl carbamates (subject to hydrolysis) is 1. The molecular formula is C26H38ClN5O3. The molecule has 0 saturated heterocycles. The number of ether oxygens (including phenoxy) is 1. The Bertz CT molecular complexity index is 1040. The van der Waals surface area contributed by atoms with Gasteiger partial charge in [-0.25, -0.2) is 9.79 Å². The zero-order chi connectivity index (χ0) is 26.0. The van der Waals surface area contributed by atoms with E-state index in [1.165, 1.54) is 0 Å². The van der Waals surface area contributed by atoms with Crippen molar-refractivity contribution in [2.24, 2.45) is 16.3 Å². The fourth-order valence-corrected chi connectivity index (χ4v) is 4.91. The second kappa shape index (κ2) is 10.6. The van der Waals surface area contributed by atoms with E-state index in [9.17, 15) is 9.59 Å². The lowest BCUT2D eigenvalue weighted by molar-refractivity contribution is -0.125. The Balaban J connectivity index is 1.70. The number of halogens is 1. The van der Waals surface area contributed by atoms with Crippen LogP contribution in [-0.2, 0) is 22.5 Å². The molecule has 0 bridgehead atoms. The lowest BCUT2D eigenvalue weighted by atomic mass is 9.85. The number of hydrogen-bond donors (Lipinski definition) is 2. The van der Waals surface area contributed by atoms with Crippen molar-refractivity contribution >= 4 is 35.9 Å². The van der Waals surface area contributed by atoms with Gasteiger partial charge in [-0.1, -0.05) is 31.9 Å². The number of hydrogen-bond acceptors (Lipinski definition) is 5. The van der Waals surface area contributed by atoms with Crippen LogP contribution in [0.4, 0.5) is 4.79 Å². The predicted molar refractivity (Wildman–Crippen MR) is 139 cm³/mol. The number of aliphatic imine (C=N–C) groups is 1. The number of fused-ring (bicyclic) bond motifs is 1. The van der Waals surface area contributed by atoms with Crippen LogP contribution in [0.3, 0.4) is 0 Å². The maximum atomic E-state index is 13.1. The summed E-state index contributed by atoms with van der Waals surface area (Å²) in [6, 6.07) is -0.114. The predicted octanol–water partition coefficient (Wildman–Crippen LogP) is 5.18.